The van der Waals surface area contributed by atoms with Gasteiger partial charge in [-0.3, -0.25) is 4.79 Å². The molecule has 0 aliphatic carbocycles. The molecular weight excluding hydrogens is 269 g/mol. The molecule has 1 fully saturated rings. The quantitative estimate of drug-likeness (QED) is 0.853. The van der Waals surface area contributed by atoms with E-state index in [1.165, 1.54) is 23.4 Å². The SMILES string of the molecule is CC(=O)C1CCC(C)N1S(=O)(=O)c1ccc(F)cc1. The molecule has 1 aromatic rings. The maximum Gasteiger partial charge on any atom is 0.243 e. The molecule has 0 amide bonds. The molecule has 1 aliphatic heterocycles. The Labute approximate surface area is 112 Å². The van der Waals surface area contributed by atoms with Crippen molar-refractivity contribution in [1.29, 1.82) is 0 Å². The van der Waals surface area contributed by atoms with Gasteiger partial charge in [-0.05, 0) is 51.0 Å². The molecular formula is C13H16FNO3S. The van der Waals surface area contributed by atoms with Gasteiger partial charge in [-0.2, -0.15) is 4.31 Å². The van der Waals surface area contributed by atoms with Crippen LogP contribution >= 0.6 is 0 Å². The highest BCUT2D eigenvalue weighted by atomic mass is 32.2. The first kappa shape index (κ1) is 14.1. The van der Waals surface area contributed by atoms with Crippen molar-refractivity contribution < 1.29 is 17.6 Å². The average Bonchev–Trinajstić information content (AvgIpc) is 2.72. The fourth-order valence-electron chi connectivity index (χ4n) is 2.48. The molecule has 1 aliphatic rings. The molecule has 1 heterocycles. The minimum absolute atomic E-state index is 0.0221. The Hall–Kier alpha value is -1.27. The van der Waals surface area contributed by atoms with Gasteiger partial charge in [0.25, 0.3) is 0 Å². The number of rotatable bonds is 3. The molecule has 0 bridgehead atoms. The number of carbonyl (C=O) groups is 1. The van der Waals surface area contributed by atoms with E-state index in [1.54, 1.807) is 6.92 Å². The molecule has 6 heteroatoms. The third kappa shape index (κ3) is 2.55. The molecule has 104 valence electrons. The van der Waals surface area contributed by atoms with Crippen LogP contribution in [-0.4, -0.2) is 30.6 Å². The molecule has 1 saturated heterocycles. The number of halogens is 1. The first-order valence-corrected chi connectivity index (χ1v) is 7.57. The van der Waals surface area contributed by atoms with Crippen LogP contribution in [0.1, 0.15) is 26.7 Å². The molecule has 0 N–H and O–H groups in total. The van der Waals surface area contributed by atoms with Crippen LogP contribution in [-0.2, 0) is 14.8 Å². The fourth-order valence-corrected chi connectivity index (χ4v) is 4.37. The van der Waals surface area contributed by atoms with E-state index in [0.29, 0.717) is 12.8 Å². The maximum absolute atomic E-state index is 12.9. The Morgan fingerprint density at radius 1 is 1.26 bits per heavy atom. The highest BCUT2D eigenvalue weighted by molar-refractivity contribution is 7.89. The van der Waals surface area contributed by atoms with Crippen LogP contribution in [0.25, 0.3) is 0 Å². The summed E-state index contributed by atoms with van der Waals surface area (Å²) in [5.74, 6) is -0.647. The second-order valence-electron chi connectivity index (χ2n) is 4.84. The summed E-state index contributed by atoms with van der Waals surface area (Å²) < 4.78 is 39.2. The predicted octanol–water partition coefficient (Wildman–Crippen LogP) is 1.96. The summed E-state index contributed by atoms with van der Waals surface area (Å²) in [4.78, 5) is 11.6. The molecule has 2 unspecified atom stereocenters. The number of carbonyl (C=O) groups excluding carboxylic acids is 1. The van der Waals surface area contributed by atoms with E-state index in [-0.39, 0.29) is 16.7 Å². The van der Waals surface area contributed by atoms with Gasteiger partial charge in [-0.15, -0.1) is 0 Å². The molecule has 19 heavy (non-hydrogen) atoms. The van der Waals surface area contributed by atoms with Crippen LogP contribution in [0.15, 0.2) is 29.2 Å². The van der Waals surface area contributed by atoms with Crippen LogP contribution in [0, 0.1) is 5.82 Å². The van der Waals surface area contributed by atoms with Gasteiger partial charge < -0.3 is 0 Å². The summed E-state index contributed by atoms with van der Waals surface area (Å²) in [6, 6.07) is 3.85. The summed E-state index contributed by atoms with van der Waals surface area (Å²) >= 11 is 0. The highest BCUT2D eigenvalue weighted by Gasteiger charge is 2.42. The van der Waals surface area contributed by atoms with Gasteiger partial charge in [-0.1, -0.05) is 0 Å². The van der Waals surface area contributed by atoms with Crippen molar-refractivity contribution in [3.63, 3.8) is 0 Å². The van der Waals surface area contributed by atoms with Crippen molar-refractivity contribution >= 4 is 15.8 Å². The average molecular weight is 285 g/mol. The number of nitrogens with zero attached hydrogens (tertiary/aromatic N) is 1. The first-order chi connectivity index (χ1) is 8.84. The van der Waals surface area contributed by atoms with Gasteiger partial charge in [0.2, 0.25) is 10.0 Å². The highest BCUT2D eigenvalue weighted by Crippen LogP contribution is 2.31. The Balaban J connectivity index is 2.43. The maximum atomic E-state index is 12.9. The molecule has 2 atom stereocenters. The van der Waals surface area contributed by atoms with Gasteiger partial charge in [0, 0.05) is 6.04 Å². The zero-order valence-corrected chi connectivity index (χ0v) is 11.7. The lowest BCUT2D eigenvalue weighted by molar-refractivity contribution is -0.120. The van der Waals surface area contributed by atoms with E-state index in [1.807, 2.05) is 0 Å². The standard InChI is InChI=1S/C13H16FNO3S/c1-9-3-8-13(10(2)16)15(9)19(17,18)12-6-4-11(14)5-7-12/h4-7,9,13H,3,8H2,1-2H3. The Kier molecular flexibility index (Phi) is 3.73. The summed E-state index contributed by atoms with van der Waals surface area (Å²) in [7, 11) is -3.75. The number of hydrogen-bond donors (Lipinski definition) is 0. The largest absolute Gasteiger partial charge is 0.298 e. The van der Waals surface area contributed by atoms with Crippen LogP contribution in [0.3, 0.4) is 0 Å². The summed E-state index contributed by atoms with van der Waals surface area (Å²) in [5.41, 5.74) is 0. The van der Waals surface area contributed by atoms with Crippen molar-refractivity contribution in [2.45, 2.75) is 43.7 Å². The van der Waals surface area contributed by atoms with E-state index in [0.717, 1.165) is 12.1 Å². The lowest BCUT2D eigenvalue weighted by Crippen LogP contribution is -2.43. The molecule has 0 saturated carbocycles. The van der Waals surface area contributed by atoms with Crippen molar-refractivity contribution in [3.8, 4) is 0 Å². The summed E-state index contributed by atoms with van der Waals surface area (Å²) in [6.45, 7) is 3.18. The van der Waals surface area contributed by atoms with Crippen molar-refractivity contribution in [2.24, 2.45) is 0 Å². The molecule has 0 aromatic heterocycles. The van der Waals surface area contributed by atoms with Gasteiger partial charge in [0.05, 0.1) is 10.9 Å². The van der Waals surface area contributed by atoms with E-state index < -0.39 is 21.9 Å². The van der Waals surface area contributed by atoms with E-state index in [9.17, 15) is 17.6 Å². The summed E-state index contributed by atoms with van der Waals surface area (Å²) in [6.07, 6.45) is 1.20. The monoisotopic (exact) mass is 285 g/mol. The third-order valence-corrected chi connectivity index (χ3v) is 5.50. The number of benzene rings is 1. The number of hydrogen-bond acceptors (Lipinski definition) is 3. The van der Waals surface area contributed by atoms with E-state index in [4.69, 9.17) is 0 Å². The lowest BCUT2D eigenvalue weighted by Gasteiger charge is -2.26. The molecule has 0 spiro atoms. The zero-order valence-electron chi connectivity index (χ0n) is 10.8. The normalized spacial score (nSPS) is 24.6. The van der Waals surface area contributed by atoms with Crippen LogP contribution < -0.4 is 0 Å². The Morgan fingerprint density at radius 3 is 2.37 bits per heavy atom. The zero-order chi connectivity index (χ0) is 14.2. The van der Waals surface area contributed by atoms with Crippen molar-refractivity contribution in [3.05, 3.63) is 30.1 Å². The number of ketones is 1. The van der Waals surface area contributed by atoms with E-state index in [2.05, 4.69) is 0 Å². The minimum atomic E-state index is -3.75. The predicted molar refractivity (Wildman–Crippen MR) is 68.6 cm³/mol. The van der Waals surface area contributed by atoms with Crippen LogP contribution in [0.4, 0.5) is 4.39 Å². The Morgan fingerprint density at radius 2 is 1.84 bits per heavy atom. The second-order valence-corrected chi connectivity index (χ2v) is 6.68. The fraction of sp³-hybridized carbons (Fsp3) is 0.462. The van der Waals surface area contributed by atoms with Gasteiger partial charge in [0.1, 0.15) is 11.6 Å². The van der Waals surface area contributed by atoms with Gasteiger partial charge >= 0.3 is 0 Å². The van der Waals surface area contributed by atoms with Gasteiger partial charge in [0.15, 0.2) is 0 Å². The smallest absolute Gasteiger partial charge is 0.243 e. The van der Waals surface area contributed by atoms with E-state index >= 15 is 0 Å². The van der Waals surface area contributed by atoms with Crippen LogP contribution in [0.2, 0.25) is 0 Å². The van der Waals surface area contributed by atoms with Crippen LogP contribution in [0.5, 0.6) is 0 Å². The minimum Gasteiger partial charge on any atom is -0.298 e. The number of Topliss-reactive ketones (excluding diaryl/α,β-unsaturated/α-hetero) is 1. The first-order valence-electron chi connectivity index (χ1n) is 6.13. The molecule has 1 aromatic carbocycles. The van der Waals surface area contributed by atoms with Crippen molar-refractivity contribution in [1.82, 2.24) is 4.31 Å². The third-order valence-electron chi connectivity index (χ3n) is 3.46. The topological polar surface area (TPSA) is 54.5 Å². The Bertz CT molecular complexity index is 582. The summed E-state index contributed by atoms with van der Waals surface area (Å²) in [5, 5.41) is 0. The van der Waals surface area contributed by atoms with Crippen molar-refractivity contribution in [2.75, 3.05) is 0 Å². The molecule has 0 radical (unpaired) electrons. The molecule has 2 rings (SSSR count). The van der Waals surface area contributed by atoms with Gasteiger partial charge in [-0.25, -0.2) is 12.8 Å². The lowest BCUT2D eigenvalue weighted by atomic mass is 10.1. The molecule has 4 nitrogen and oxygen atoms in total. The second kappa shape index (κ2) is 5.02. The number of sulfonamides is 1.